The summed E-state index contributed by atoms with van der Waals surface area (Å²) in [6.07, 6.45) is 0.768. The lowest BCUT2D eigenvalue weighted by Gasteiger charge is -2.41. The van der Waals surface area contributed by atoms with Crippen LogP contribution < -0.4 is 9.47 Å². The Bertz CT molecular complexity index is 746. The topological polar surface area (TPSA) is 58.1 Å². The molecule has 1 aromatic heterocycles. The van der Waals surface area contributed by atoms with Crippen LogP contribution in [0.3, 0.4) is 0 Å². The van der Waals surface area contributed by atoms with Crippen LogP contribution in [0.5, 0.6) is 11.5 Å². The largest absolute Gasteiger partial charge is 0.497 e. The first-order valence-corrected chi connectivity index (χ1v) is 9.83. The van der Waals surface area contributed by atoms with Crippen LogP contribution in [-0.2, 0) is 13.1 Å². The summed E-state index contributed by atoms with van der Waals surface area (Å²) in [5.74, 6) is 1.62. The first kappa shape index (κ1) is 20.6. The van der Waals surface area contributed by atoms with E-state index >= 15 is 0 Å². The monoisotopic (exact) mass is 385 g/mol. The summed E-state index contributed by atoms with van der Waals surface area (Å²) in [7, 11) is 3.35. The van der Waals surface area contributed by atoms with Crippen LogP contribution in [-0.4, -0.2) is 66.4 Å². The van der Waals surface area contributed by atoms with Crippen LogP contribution in [0.4, 0.5) is 0 Å². The lowest BCUT2D eigenvalue weighted by Crippen LogP contribution is -2.52. The minimum Gasteiger partial charge on any atom is -0.497 e. The molecule has 6 heteroatoms. The van der Waals surface area contributed by atoms with Gasteiger partial charge in [0, 0.05) is 57.1 Å². The maximum Gasteiger partial charge on any atom is 0.122 e. The number of benzene rings is 1. The van der Waals surface area contributed by atoms with Crippen molar-refractivity contribution >= 4 is 0 Å². The number of ether oxygens (including phenoxy) is 2. The van der Waals surface area contributed by atoms with Gasteiger partial charge in [-0.2, -0.15) is 0 Å². The average molecular weight is 386 g/mol. The standard InChI is InChI=1S/C22H31N3O3/c1-17-5-4-6-19(23-17)15-25-9-8-24(16-20(25)7-10-26)14-18-11-21(27-2)13-22(12-18)28-3/h4-6,11-13,20,26H,7-10,14-16H2,1-3H3. The molecular weight excluding hydrogens is 354 g/mol. The molecule has 2 aromatic rings. The summed E-state index contributed by atoms with van der Waals surface area (Å²) < 4.78 is 10.8. The first-order chi connectivity index (χ1) is 13.6. The van der Waals surface area contributed by atoms with Gasteiger partial charge < -0.3 is 14.6 Å². The van der Waals surface area contributed by atoms with Gasteiger partial charge in [-0.05, 0) is 43.2 Å². The highest BCUT2D eigenvalue weighted by atomic mass is 16.5. The van der Waals surface area contributed by atoms with E-state index in [0.29, 0.717) is 6.04 Å². The molecule has 1 atom stereocenters. The molecule has 28 heavy (non-hydrogen) atoms. The minimum absolute atomic E-state index is 0.198. The molecule has 2 heterocycles. The SMILES string of the molecule is COc1cc(CN2CCN(Cc3cccc(C)n3)C(CCO)C2)cc(OC)c1. The summed E-state index contributed by atoms with van der Waals surface area (Å²) in [5, 5.41) is 9.57. The highest BCUT2D eigenvalue weighted by molar-refractivity contribution is 5.38. The second-order valence-electron chi connectivity index (χ2n) is 7.36. The van der Waals surface area contributed by atoms with Gasteiger partial charge in [0.25, 0.3) is 0 Å². The average Bonchev–Trinajstić information content (AvgIpc) is 2.70. The number of piperazine rings is 1. The molecule has 1 aromatic carbocycles. The van der Waals surface area contributed by atoms with E-state index in [0.717, 1.165) is 62.0 Å². The fourth-order valence-corrected chi connectivity index (χ4v) is 3.84. The van der Waals surface area contributed by atoms with Crippen molar-refractivity contribution in [2.75, 3.05) is 40.5 Å². The lowest BCUT2D eigenvalue weighted by molar-refractivity contribution is 0.0491. The number of hydrogen-bond acceptors (Lipinski definition) is 6. The molecule has 0 radical (unpaired) electrons. The Hall–Kier alpha value is -2.15. The number of nitrogens with zero attached hydrogens (tertiary/aromatic N) is 3. The van der Waals surface area contributed by atoms with E-state index in [9.17, 15) is 5.11 Å². The molecule has 0 spiro atoms. The van der Waals surface area contributed by atoms with Crippen molar-refractivity contribution < 1.29 is 14.6 Å². The molecule has 1 saturated heterocycles. The first-order valence-electron chi connectivity index (χ1n) is 9.83. The summed E-state index contributed by atoms with van der Waals surface area (Å²) >= 11 is 0. The van der Waals surface area contributed by atoms with Crippen molar-refractivity contribution in [3.05, 3.63) is 53.3 Å². The van der Waals surface area contributed by atoms with Gasteiger partial charge in [0.1, 0.15) is 11.5 Å². The second-order valence-corrected chi connectivity index (χ2v) is 7.36. The molecule has 1 fully saturated rings. The van der Waals surface area contributed by atoms with Crippen molar-refractivity contribution in [3.63, 3.8) is 0 Å². The zero-order valence-electron chi connectivity index (χ0n) is 17.1. The number of aliphatic hydroxyl groups excluding tert-OH is 1. The fraction of sp³-hybridized carbons (Fsp3) is 0.500. The smallest absolute Gasteiger partial charge is 0.122 e. The van der Waals surface area contributed by atoms with Gasteiger partial charge in [-0.1, -0.05) is 6.07 Å². The number of methoxy groups -OCH3 is 2. The quantitative estimate of drug-likeness (QED) is 0.753. The summed E-state index contributed by atoms with van der Waals surface area (Å²) in [5.41, 5.74) is 3.31. The molecule has 1 N–H and O–H groups in total. The van der Waals surface area contributed by atoms with E-state index in [-0.39, 0.29) is 6.61 Å². The Morgan fingerprint density at radius 2 is 1.82 bits per heavy atom. The van der Waals surface area contributed by atoms with Gasteiger partial charge in [0.15, 0.2) is 0 Å². The Labute approximate surface area is 167 Å². The summed E-state index contributed by atoms with van der Waals surface area (Å²) in [6.45, 7) is 6.75. The zero-order chi connectivity index (χ0) is 19.9. The van der Waals surface area contributed by atoms with Gasteiger partial charge in [-0.25, -0.2) is 0 Å². The van der Waals surface area contributed by atoms with Crippen LogP contribution >= 0.6 is 0 Å². The van der Waals surface area contributed by atoms with E-state index in [1.165, 1.54) is 5.56 Å². The van der Waals surface area contributed by atoms with Crippen LogP contribution in [0, 0.1) is 6.92 Å². The fourth-order valence-electron chi connectivity index (χ4n) is 3.84. The van der Waals surface area contributed by atoms with Gasteiger partial charge in [0.2, 0.25) is 0 Å². The number of aliphatic hydroxyl groups is 1. The van der Waals surface area contributed by atoms with Gasteiger partial charge in [-0.3, -0.25) is 14.8 Å². The van der Waals surface area contributed by atoms with Gasteiger partial charge in [-0.15, -0.1) is 0 Å². The van der Waals surface area contributed by atoms with Gasteiger partial charge in [0.05, 0.1) is 19.9 Å². The minimum atomic E-state index is 0.198. The second kappa shape index (κ2) is 9.87. The van der Waals surface area contributed by atoms with Crippen molar-refractivity contribution in [1.29, 1.82) is 0 Å². The Morgan fingerprint density at radius 3 is 2.46 bits per heavy atom. The summed E-state index contributed by atoms with van der Waals surface area (Å²) in [6, 6.07) is 12.5. The number of aryl methyl sites for hydroxylation is 1. The molecule has 3 rings (SSSR count). The molecule has 0 bridgehead atoms. The predicted octanol–water partition coefficient (Wildman–Crippen LogP) is 2.48. The third-order valence-corrected chi connectivity index (χ3v) is 5.28. The molecule has 0 saturated carbocycles. The molecule has 152 valence electrons. The number of rotatable bonds is 8. The van der Waals surface area contributed by atoms with Crippen molar-refractivity contribution in [2.45, 2.75) is 32.5 Å². The van der Waals surface area contributed by atoms with E-state index < -0.39 is 0 Å². The molecule has 1 aliphatic heterocycles. The number of aromatic nitrogens is 1. The van der Waals surface area contributed by atoms with Crippen LogP contribution in [0.25, 0.3) is 0 Å². The molecule has 0 amide bonds. The number of pyridine rings is 1. The third-order valence-electron chi connectivity index (χ3n) is 5.28. The van der Waals surface area contributed by atoms with Crippen LogP contribution in [0.1, 0.15) is 23.4 Å². The van der Waals surface area contributed by atoms with Crippen LogP contribution in [0.15, 0.2) is 36.4 Å². The number of hydrogen-bond donors (Lipinski definition) is 1. The van der Waals surface area contributed by atoms with E-state index in [1.807, 2.05) is 19.1 Å². The Kier molecular flexibility index (Phi) is 7.25. The highest BCUT2D eigenvalue weighted by Gasteiger charge is 2.27. The molecule has 1 aliphatic rings. The summed E-state index contributed by atoms with van der Waals surface area (Å²) in [4.78, 5) is 9.53. The van der Waals surface area contributed by atoms with Crippen LogP contribution in [0.2, 0.25) is 0 Å². The zero-order valence-corrected chi connectivity index (χ0v) is 17.1. The molecule has 6 nitrogen and oxygen atoms in total. The van der Waals surface area contributed by atoms with Crippen molar-refractivity contribution in [2.24, 2.45) is 0 Å². The molecular formula is C22H31N3O3. The predicted molar refractivity (Wildman–Crippen MR) is 110 cm³/mol. The Balaban J connectivity index is 1.66. The van der Waals surface area contributed by atoms with Gasteiger partial charge >= 0.3 is 0 Å². The molecule has 0 aliphatic carbocycles. The van der Waals surface area contributed by atoms with E-state index in [4.69, 9.17) is 9.47 Å². The molecule has 1 unspecified atom stereocenters. The van der Waals surface area contributed by atoms with E-state index in [2.05, 4.69) is 39.0 Å². The maximum atomic E-state index is 9.57. The van der Waals surface area contributed by atoms with Crippen molar-refractivity contribution in [3.8, 4) is 11.5 Å². The lowest BCUT2D eigenvalue weighted by atomic mass is 10.1. The highest BCUT2D eigenvalue weighted by Crippen LogP contribution is 2.25. The maximum absolute atomic E-state index is 9.57. The third kappa shape index (κ3) is 5.44. The Morgan fingerprint density at radius 1 is 1.07 bits per heavy atom. The normalized spacial score (nSPS) is 18.2. The van der Waals surface area contributed by atoms with Crippen molar-refractivity contribution in [1.82, 2.24) is 14.8 Å². The van der Waals surface area contributed by atoms with E-state index in [1.54, 1.807) is 14.2 Å².